The number of carbonyl (C=O) groups excluding carboxylic acids is 3. The van der Waals surface area contributed by atoms with Gasteiger partial charge in [-0.3, -0.25) is 14.4 Å². The Hall–Kier alpha value is -2.61. The highest BCUT2D eigenvalue weighted by atomic mass is 16.5. The molecular formula is C29H42N4O4. The number of fused-ring (bicyclic) bond motifs is 3. The number of rotatable bonds is 3. The van der Waals surface area contributed by atoms with Crippen molar-refractivity contribution in [1.82, 2.24) is 19.6 Å². The highest BCUT2D eigenvalue weighted by Gasteiger charge is 2.36. The van der Waals surface area contributed by atoms with Crippen LogP contribution in [0.2, 0.25) is 0 Å². The van der Waals surface area contributed by atoms with Crippen LogP contribution in [0.1, 0.15) is 50.5 Å². The Balaban J connectivity index is 1.30. The summed E-state index contributed by atoms with van der Waals surface area (Å²) in [6, 6.07) is 7.88. The molecule has 0 N–H and O–H groups in total. The molecule has 1 saturated carbocycles. The molecule has 3 aliphatic heterocycles. The van der Waals surface area contributed by atoms with Gasteiger partial charge < -0.3 is 24.3 Å². The Morgan fingerprint density at radius 3 is 2.46 bits per heavy atom. The minimum atomic E-state index is 0.0270. The van der Waals surface area contributed by atoms with E-state index < -0.39 is 0 Å². The summed E-state index contributed by atoms with van der Waals surface area (Å²) in [5.74, 6) is 1.75. The van der Waals surface area contributed by atoms with E-state index in [1.54, 1.807) is 4.90 Å². The van der Waals surface area contributed by atoms with E-state index in [0.29, 0.717) is 32.7 Å². The number of nitrogens with zero attached hydrogens (tertiary/aromatic N) is 4. The van der Waals surface area contributed by atoms with Gasteiger partial charge in [-0.2, -0.15) is 0 Å². The molecule has 202 valence electrons. The van der Waals surface area contributed by atoms with Crippen LogP contribution in [-0.4, -0.2) is 96.8 Å². The first kappa shape index (κ1) is 26.0. The van der Waals surface area contributed by atoms with Crippen molar-refractivity contribution < 1.29 is 19.1 Å². The van der Waals surface area contributed by atoms with Crippen LogP contribution < -0.4 is 4.74 Å². The number of piperazine rings is 1. The van der Waals surface area contributed by atoms with E-state index in [1.165, 1.54) is 0 Å². The topological polar surface area (TPSA) is 73.4 Å². The molecule has 5 rings (SSSR count). The Morgan fingerprint density at radius 1 is 0.919 bits per heavy atom. The second kappa shape index (κ2) is 11.8. The van der Waals surface area contributed by atoms with E-state index >= 15 is 0 Å². The number of benzene rings is 1. The van der Waals surface area contributed by atoms with E-state index in [2.05, 4.69) is 11.9 Å². The molecule has 2 bridgehead atoms. The lowest BCUT2D eigenvalue weighted by Crippen LogP contribution is -2.51. The second-order valence-corrected chi connectivity index (χ2v) is 11.5. The number of amides is 3. The average Bonchev–Trinajstić information content (AvgIpc) is 2.87. The number of ether oxygens (including phenoxy) is 1. The predicted octanol–water partition coefficient (Wildman–Crippen LogP) is 2.62. The van der Waals surface area contributed by atoms with Crippen molar-refractivity contribution in [2.24, 2.45) is 17.8 Å². The fourth-order valence-electron chi connectivity index (χ4n) is 6.21. The van der Waals surface area contributed by atoms with Crippen molar-refractivity contribution in [2.75, 3.05) is 59.5 Å². The zero-order valence-corrected chi connectivity index (χ0v) is 22.3. The molecule has 8 heteroatoms. The molecule has 2 saturated heterocycles. The van der Waals surface area contributed by atoms with Crippen molar-refractivity contribution in [3.63, 3.8) is 0 Å². The first-order valence-electron chi connectivity index (χ1n) is 14.2. The highest BCUT2D eigenvalue weighted by Crippen LogP contribution is 2.33. The molecule has 1 aromatic carbocycles. The lowest BCUT2D eigenvalue weighted by molar-refractivity contribution is -0.146. The molecule has 3 fully saturated rings. The van der Waals surface area contributed by atoms with Crippen LogP contribution in [0.3, 0.4) is 0 Å². The molecule has 0 unspecified atom stereocenters. The summed E-state index contributed by atoms with van der Waals surface area (Å²) in [5.41, 5.74) is 0.954. The van der Waals surface area contributed by atoms with Crippen LogP contribution in [0, 0.1) is 17.8 Å². The minimum absolute atomic E-state index is 0.0270. The van der Waals surface area contributed by atoms with Crippen molar-refractivity contribution >= 4 is 17.7 Å². The highest BCUT2D eigenvalue weighted by molar-refractivity contribution is 5.86. The van der Waals surface area contributed by atoms with Gasteiger partial charge in [-0.15, -0.1) is 0 Å². The molecule has 8 nitrogen and oxygen atoms in total. The lowest BCUT2D eigenvalue weighted by Gasteiger charge is -2.41. The van der Waals surface area contributed by atoms with Crippen LogP contribution in [0.5, 0.6) is 5.75 Å². The molecule has 1 aliphatic carbocycles. The predicted molar refractivity (Wildman–Crippen MR) is 141 cm³/mol. The largest absolute Gasteiger partial charge is 0.493 e. The van der Waals surface area contributed by atoms with E-state index in [9.17, 15) is 14.4 Å². The van der Waals surface area contributed by atoms with Gasteiger partial charge in [0.25, 0.3) is 0 Å². The number of hydrogen-bond acceptors (Lipinski definition) is 5. The third kappa shape index (κ3) is 6.28. The van der Waals surface area contributed by atoms with Crippen molar-refractivity contribution in [3.8, 4) is 5.75 Å². The fourth-order valence-corrected chi connectivity index (χ4v) is 6.21. The normalized spacial score (nSPS) is 26.2. The smallest absolute Gasteiger partial charge is 0.242 e. The summed E-state index contributed by atoms with van der Waals surface area (Å²) in [5, 5.41) is 0. The van der Waals surface area contributed by atoms with Crippen LogP contribution >= 0.6 is 0 Å². The van der Waals surface area contributed by atoms with Gasteiger partial charge in [0.05, 0.1) is 6.61 Å². The number of likely N-dealkylation sites (N-methyl/N-ethyl adjacent to an activating group) is 1. The monoisotopic (exact) mass is 510 g/mol. The van der Waals surface area contributed by atoms with Crippen LogP contribution in [0.15, 0.2) is 24.3 Å². The number of para-hydroxylation sites is 1. The molecule has 37 heavy (non-hydrogen) atoms. The molecule has 1 aromatic rings. The zero-order chi connectivity index (χ0) is 25.8. The maximum Gasteiger partial charge on any atom is 0.242 e. The zero-order valence-electron chi connectivity index (χ0n) is 22.3. The van der Waals surface area contributed by atoms with Gasteiger partial charge in [-0.25, -0.2) is 0 Å². The Labute approximate surface area is 220 Å². The van der Waals surface area contributed by atoms with E-state index in [4.69, 9.17) is 4.74 Å². The molecule has 2 atom stereocenters. The summed E-state index contributed by atoms with van der Waals surface area (Å²) >= 11 is 0. The first-order valence-corrected chi connectivity index (χ1v) is 14.2. The molecule has 3 heterocycles. The van der Waals surface area contributed by atoms with Gasteiger partial charge in [0, 0.05) is 63.7 Å². The number of hydrogen-bond donors (Lipinski definition) is 0. The van der Waals surface area contributed by atoms with Crippen molar-refractivity contribution in [3.05, 3.63) is 29.8 Å². The summed E-state index contributed by atoms with van der Waals surface area (Å²) in [7, 11) is 2.10. The van der Waals surface area contributed by atoms with Crippen LogP contribution in [0.4, 0.5) is 0 Å². The standard InChI is InChI=1S/C29H42N4O4/c1-30-13-15-31(16-14-30)27(34)18-23-11-12-32-19-24(23)9-5-17-37-26-10-3-2-6-25(26)20-33(21-28(32)35)29(36)22-7-4-8-22/h2-3,6,10,22-24H,4-5,7-9,11-21H2,1H3/t23-,24-/m0/s1. The summed E-state index contributed by atoms with van der Waals surface area (Å²) in [4.78, 5) is 47.9. The lowest BCUT2D eigenvalue weighted by atomic mass is 9.80. The maximum atomic E-state index is 13.5. The van der Waals surface area contributed by atoms with E-state index in [0.717, 1.165) is 76.0 Å². The van der Waals surface area contributed by atoms with Crippen molar-refractivity contribution in [1.29, 1.82) is 0 Å². The van der Waals surface area contributed by atoms with Gasteiger partial charge >= 0.3 is 0 Å². The Kier molecular flexibility index (Phi) is 8.33. The summed E-state index contributed by atoms with van der Waals surface area (Å²) < 4.78 is 6.20. The van der Waals surface area contributed by atoms with Crippen molar-refractivity contribution in [2.45, 2.75) is 51.5 Å². The molecule has 0 spiro atoms. The average molecular weight is 511 g/mol. The second-order valence-electron chi connectivity index (χ2n) is 11.5. The van der Waals surface area contributed by atoms with E-state index in [-0.39, 0.29) is 42.0 Å². The quantitative estimate of drug-likeness (QED) is 0.625. The van der Waals surface area contributed by atoms with E-state index in [1.807, 2.05) is 34.1 Å². The summed E-state index contributed by atoms with van der Waals surface area (Å²) in [6.07, 6.45) is 6.12. The van der Waals surface area contributed by atoms with Gasteiger partial charge in [-0.1, -0.05) is 24.6 Å². The fraction of sp³-hybridized carbons (Fsp3) is 0.690. The third-order valence-electron chi connectivity index (χ3n) is 8.94. The molecule has 0 aromatic heterocycles. The number of piperidine rings is 1. The molecule has 0 radical (unpaired) electrons. The summed E-state index contributed by atoms with van der Waals surface area (Å²) in [6.45, 7) is 5.89. The third-order valence-corrected chi connectivity index (χ3v) is 8.94. The van der Waals surface area contributed by atoms with Crippen LogP contribution in [-0.2, 0) is 20.9 Å². The number of carbonyl (C=O) groups is 3. The minimum Gasteiger partial charge on any atom is -0.493 e. The molecular weight excluding hydrogens is 468 g/mol. The van der Waals surface area contributed by atoms with Gasteiger partial charge in [-0.05, 0) is 57.1 Å². The van der Waals surface area contributed by atoms with Gasteiger partial charge in [0.15, 0.2) is 0 Å². The molecule has 4 aliphatic rings. The Bertz CT molecular complexity index is 972. The first-order chi connectivity index (χ1) is 18.0. The SMILES string of the molecule is CN1CCN(C(=O)C[C@@H]2CCN3C[C@@H]2CCCOc2ccccc2CN(C(=O)C2CCC2)CC3=O)CC1. The van der Waals surface area contributed by atoms with Gasteiger partial charge in [0.2, 0.25) is 17.7 Å². The maximum absolute atomic E-state index is 13.5. The Morgan fingerprint density at radius 2 is 1.70 bits per heavy atom. The van der Waals surface area contributed by atoms with Gasteiger partial charge in [0.1, 0.15) is 12.3 Å². The molecule has 3 amide bonds. The van der Waals surface area contributed by atoms with Crippen LogP contribution in [0.25, 0.3) is 0 Å².